The van der Waals surface area contributed by atoms with Gasteiger partial charge in [-0.25, -0.2) is 0 Å². The van der Waals surface area contributed by atoms with Crippen LogP contribution < -0.4 is 0 Å². The van der Waals surface area contributed by atoms with Crippen molar-refractivity contribution in [2.75, 3.05) is 0 Å². The number of Topliss-reactive ketones (excluding diaryl/α,β-unsaturated/α-hetero) is 1. The number of rotatable bonds is 0. The van der Waals surface area contributed by atoms with Crippen molar-refractivity contribution in [3.8, 4) is 23.7 Å². The van der Waals surface area contributed by atoms with Crippen LogP contribution in [0.5, 0.6) is 0 Å². The van der Waals surface area contributed by atoms with E-state index in [0.717, 1.165) is 24.8 Å². The molecule has 0 N–H and O–H groups in total. The maximum atomic E-state index is 11.7. The van der Waals surface area contributed by atoms with Crippen LogP contribution in [0.15, 0.2) is 23.3 Å². The molecule has 2 rings (SSSR count). The third-order valence-corrected chi connectivity index (χ3v) is 2.94. The number of carbonyl (C=O) groups is 1. The van der Waals surface area contributed by atoms with E-state index >= 15 is 0 Å². The molecular formula is C16H16O. The largest absolute Gasteiger partial charge is 0.285 e. The van der Waals surface area contributed by atoms with Crippen LogP contribution in [0, 0.1) is 29.1 Å². The zero-order valence-electron chi connectivity index (χ0n) is 10.4. The summed E-state index contributed by atoms with van der Waals surface area (Å²) in [4.78, 5) is 11.7. The minimum Gasteiger partial charge on any atom is -0.285 e. The molecule has 1 heteroatoms. The second-order valence-electron chi connectivity index (χ2n) is 5.18. The van der Waals surface area contributed by atoms with Crippen molar-refractivity contribution in [1.82, 2.24) is 0 Å². The SMILES string of the molecule is CC1(C)C#C/C=C2/CCCC=C2C#CC(=O)C1. The van der Waals surface area contributed by atoms with Crippen molar-refractivity contribution in [2.24, 2.45) is 5.41 Å². The summed E-state index contributed by atoms with van der Waals surface area (Å²) in [5.41, 5.74) is 1.90. The summed E-state index contributed by atoms with van der Waals surface area (Å²) in [5, 5.41) is 0. The van der Waals surface area contributed by atoms with Gasteiger partial charge in [-0.05, 0) is 50.7 Å². The fraction of sp³-hybridized carbons (Fsp3) is 0.438. The molecule has 0 aromatic heterocycles. The molecule has 86 valence electrons. The molecule has 0 atom stereocenters. The molecule has 0 unspecified atom stereocenters. The first-order valence-corrected chi connectivity index (χ1v) is 6.04. The molecule has 0 aromatic rings. The van der Waals surface area contributed by atoms with Crippen molar-refractivity contribution < 1.29 is 4.79 Å². The molecule has 0 radical (unpaired) electrons. The maximum Gasteiger partial charge on any atom is 0.207 e. The highest BCUT2D eigenvalue weighted by molar-refractivity contribution is 5.96. The normalized spacial score (nSPS) is 24.9. The molecule has 0 saturated heterocycles. The van der Waals surface area contributed by atoms with Crippen LogP contribution in [0.1, 0.15) is 39.5 Å². The Bertz CT molecular complexity index is 521. The predicted molar refractivity (Wildman–Crippen MR) is 69.0 cm³/mol. The minimum atomic E-state index is -0.279. The number of carbonyl (C=O) groups excluding carboxylic acids is 1. The molecule has 0 amide bonds. The van der Waals surface area contributed by atoms with Gasteiger partial charge in [0.2, 0.25) is 5.78 Å². The summed E-state index contributed by atoms with van der Waals surface area (Å²) in [6.07, 6.45) is 7.71. The van der Waals surface area contributed by atoms with Crippen LogP contribution in [0.3, 0.4) is 0 Å². The molecule has 0 spiro atoms. The number of fused-ring (bicyclic) bond motifs is 1. The standard InChI is InChI=1S/C16H16O/c1-16(2)11-5-8-13-6-3-4-7-14(13)9-10-15(17)12-16/h7-8H,3-4,6,12H2,1-2H3/b13-8-. The number of hydrogen-bond acceptors (Lipinski definition) is 1. The lowest BCUT2D eigenvalue weighted by molar-refractivity contribution is -0.115. The lowest BCUT2D eigenvalue weighted by Crippen LogP contribution is -2.14. The van der Waals surface area contributed by atoms with Gasteiger partial charge in [-0.1, -0.05) is 23.8 Å². The third kappa shape index (κ3) is 3.11. The van der Waals surface area contributed by atoms with E-state index in [1.54, 1.807) is 0 Å². The van der Waals surface area contributed by atoms with Crippen molar-refractivity contribution in [2.45, 2.75) is 39.5 Å². The van der Waals surface area contributed by atoms with Gasteiger partial charge in [-0.3, -0.25) is 4.79 Å². The molecule has 2 aliphatic rings. The topological polar surface area (TPSA) is 17.1 Å². The Morgan fingerprint density at radius 2 is 2.12 bits per heavy atom. The van der Waals surface area contributed by atoms with Crippen molar-refractivity contribution in [1.29, 1.82) is 0 Å². The van der Waals surface area contributed by atoms with E-state index in [-0.39, 0.29) is 11.2 Å². The van der Waals surface area contributed by atoms with Crippen molar-refractivity contribution >= 4 is 5.78 Å². The van der Waals surface area contributed by atoms with E-state index in [9.17, 15) is 4.79 Å². The molecule has 0 fully saturated rings. The summed E-state index contributed by atoms with van der Waals surface area (Å²) in [7, 11) is 0. The lowest BCUT2D eigenvalue weighted by Gasteiger charge is -2.15. The van der Waals surface area contributed by atoms with E-state index in [2.05, 4.69) is 29.8 Å². The van der Waals surface area contributed by atoms with Crippen LogP contribution in [-0.4, -0.2) is 5.78 Å². The number of allylic oxidation sites excluding steroid dienone is 4. The number of hydrogen-bond donors (Lipinski definition) is 0. The van der Waals surface area contributed by atoms with Crippen molar-refractivity contribution in [3.63, 3.8) is 0 Å². The zero-order chi connectivity index (χ0) is 12.3. The summed E-state index contributed by atoms with van der Waals surface area (Å²) < 4.78 is 0. The Morgan fingerprint density at radius 3 is 2.94 bits per heavy atom. The summed E-state index contributed by atoms with van der Waals surface area (Å²) in [6.45, 7) is 3.97. The Labute approximate surface area is 103 Å². The first-order valence-electron chi connectivity index (χ1n) is 6.04. The lowest BCUT2D eigenvalue weighted by atomic mass is 9.86. The summed E-state index contributed by atoms with van der Waals surface area (Å²) >= 11 is 0. The average Bonchev–Trinajstić information content (AvgIpc) is 2.26. The second kappa shape index (κ2) is 4.64. The van der Waals surface area contributed by atoms with Gasteiger partial charge in [-0.15, -0.1) is 0 Å². The van der Waals surface area contributed by atoms with E-state index in [0.29, 0.717) is 6.42 Å². The van der Waals surface area contributed by atoms with Crippen LogP contribution in [-0.2, 0) is 4.79 Å². The Morgan fingerprint density at radius 1 is 1.29 bits per heavy atom. The van der Waals surface area contributed by atoms with Gasteiger partial charge < -0.3 is 0 Å². The molecule has 1 nitrogen and oxygen atoms in total. The Kier molecular flexibility index (Phi) is 3.21. The average molecular weight is 224 g/mol. The van der Waals surface area contributed by atoms with E-state index in [1.165, 1.54) is 5.57 Å². The van der Waals surface area contributed by atoms with Crippen LogP contribution >= 0.6 is 0 Å². The molecule has 0 heterocycles. The second-order valence-corrected chi connectivity index (χ2v) is 5.18. The Hall–Kier alpha value is -1.73. The van der Waals surface area contributed by atoms with Gasteiger partial charge in [0.1, 0.15) is 0 Å². The first-order chi connectivity index (χ1) is 8.07. The van der Waals surface area contributed by atoms with Gasteiger partial charge in [0.25, 0.3) is 0 Å². The van der Waals surface area contributed by atoms with E-state index < -0.39 is 0 Å². The van der Waals surface area contributed by atoms with Crippen molar-refractivity contribution in [3.05, 3.63) is 23.3 Å². The number of ketones is 1. The van der Waals surface area contributed by atoms with Crippen LogP contribution in [0.2, 0.25) is 0 Å². The summed E-state index contributed by atoms with van der Waals surface area (Å²) in [5.74, 6) is 12.0. The van der Waals surface area contributed by atoms with Gasteiger partial charge >= 0.3 is 0 Å². The van der Waals surface area contributed by atoms with Gasteiger partial charge in [-0.2, -0.15) is 0 Å². The zero-order valence-corrected chi connectivity index (χ0v) is 10.4. The van der Waals surface area contributed by atoms with Gasteiger partial charge in [0.05, 0.1) is 0 Å². The van der Waals surface area contributed by atoms with Crippen LogP contribution in [0.25, 0.3) is 0 Å². The molecule has 0 bridgehead atoms. The van der Waals surface area contributed by atoms with Crippen LogP contribution in [0.4, 0.5) is 0 Å². The van der Waals surface area contributed by atoms with Gasteiger partial charge in [0, 0.05) is 17.4 Å². The quantitative estimate of drug-likeness (QED) is 0.456. The fourth-order valence-corrected chi connectivity index (χ4v) is 2.03. The van der Waals surface area contributed by atoms with E-state index in [4.69, 9.17) is 0 Å². The minimum absolute atomic E-state index is 0.0166. The third-order valence-electron chi connectivity index (χ3n) is 2.94. The molecule has 2 aliphatic carbocycles. The molecule has 0 aliphatic heterocycles. The maximum absolute atomic E-state index is 11.7. The molecular weight excluding hydrogens is 208 g/mol. The first kappa shape index (κ1) is 11.7. The molecule has 0 aromatic carbocycles. The highest BCUT2D eigenvalue weighted by Gasteiger charge is 2.19. The highest BCUT2D eigenvalue weighted by Crippen LogP contribution is 2.24. The van der Waals surface area contributed by atoms with Gasteiger partial charge in [0.15, 0.2) is 0 Å². The molecule has 17 heavy (non-hydrogen) atoms. The smallest absolute Gasteiger partial charge is 0.207 e. The highest BCUT2D eigenvalue weighted by atomic mass is 16.1. The monoisotopic (exact) mass is 224 g/mol. The van der Waals surface area contributed by atoms with E-state index in [1.807, 2.05) is 19.9 Å². The predicted octanol–water partition coefficient (Wildman–Crippen LogP) is 3.03. The summed E-state index contributed by atoms with van der Waals surface area (Å²) in [6, 6.07) is 0. The molecule has 0 saturated carbocycles. The fourth-order valence-electron chi connectivity index (χ4n) is 2.03. The Balaban J connectivity index is 2.44.